The molecule has 1 unspecified atom stereocenters. The standard InChI is InChI=1S/C11H14FN/c1-4-9(3)13-11-6-5-8(2)7-10(11)12/h4-7,9,13H,1H2,2-3H3. The summed E-state index contributed by atoms with van der Waals surface area (Å²) >= 11 is 0. The van der Waals surface area contributed by atoms with Crippen LogP contribution in [0.25, 0.3) is 0 Å². The molecule has 0 spiro atoms. The average Bonchev–Trinajstić information content (AvgIpc) is 2.09. The van der Waals surface area contributed by atoms with Gasteiger partial charge in [0.25, 0.3) is 0 Å². The molecule has 0 amide bonds. The van der Waals surface area contributed by atoms with Gasteiger partial charge in [0.05, 0.1) is 5.69 Å². The van der Waals surface area contributed by atoms with E-state index in [1.54, 1.807) is 12.1 Å². The van der Waals surface area contributed by atoms with Crippen LogP contribution in [0.3, 0.4) is 0 Å². The SMILES string of the molecule is C=CC(C)Nc1ccc(C)cc1F. The third-order valence-electron chi connectivity index (χ3n) is 1.86. The van der Waals surface area contributed by atoms with E-state index in [2.05, 4.69) is 11.9 Å². The van der Waals surface area contributed by atoms with Crippen LogP contribution in [0.5, 0.6) is 0 Å². The lowest BCUT2D eigenvalue weighted by atomic mass is 10.2. The molecule has 0 aliphatic heterocycles. The van der Waals surface area contributed by atoms with Crippen LogP contribution in [0.15, 0.2) is 30.9 Å². The smallest absolute Gasteiger partial charge is 0.146 e. The van der Waals surface area contributed by atoms with E-state index in [-0.39, 0.29) is 11.9 Å². The summed E-state index contributed by atoms with van der Waals surface area (Å²) in [7, 11) is 0. The summed E-state index contributed by atoms with van der Waals surface area (Å²) < 4.78 is 13.3. The minimum absolute atomic E-state index is 0.0807. The highest BCUT2D eigenvalue weighted by Crippen LogP contribution is 2.16. The molecule has 0 aliphatic carbocycles. The molecule has 0 heterocycles. The molecule has 1 aromatic rings. The Hall–Kier alpha value is -1.31. The van der Waals surface area contributed by atoms with Crippen LogP contribution in [-0.4, -0.2) is 6.04 Å². The molecule has 1 atom stereocenters. The van der Waals surface area contributed by atoms with E-state index in [9.17, 15) is 4.39 Å². The second kappa shape index (κ2) is 4.08. The monoisotopic (exact) mass is 179 g/mol. The Morgan fingerprint density at radius 3 is 2.77 bits per heavy atom. The summed E-state index contributed by atoms with van der Waals surface area (Å²) in [6.45, 7) is 7.41. The van der Waals surface area contributed by atoms with E-state index in [1.165, 1.54) is 6.07 Å². The number of rotatable bonds is 3. The minimum Gasteiger partial charge on any atom is -0.377 e. The van der Waals surface area contributed by atoms with Gasteiger partial charge in [0.15, 0.2) is 0 Å². The lowest BCUT2D eigenvalue weighted by Crippen LogP contribution is -2.12. The molecule has 1 rings (SSSR count). The van der Waals surface area contributed by atoms with Crippen LogP contribution >= 0.6 is 0 Å². The zero-order valence-electron chi connectivity index (χ0n) is 7.97. The number of halogens is 1. The molecule has 1 nitrogen and oxygen atoms in total. The Kier molecular flexibility index (Phi) is 3.07. The van der Waals surface area contributed by atoms with Crippen LogP contribution in [0.1, 0.15) is 12.5 Å². The first kappa shape index (κ1) is 9.78. The highest BCUT2D eigenvalue weighted by Gasteiger charge is 2.02. The summed E-state index contributed by atoms with van der Waals surface area (Å²) in [5.41, 5.74) is 1.45. The van der Waals surface area contributed by atoms with E-state index in [4.69, 9.17) is 0 Å². The molecule has 0 saturated carbocycles. The number of benzene rings is 1. The predicted octanol–water partition coefficient (Wildman–Crippen LogP) is 3.12. The quantitative estimate of drug-likeness (QED) is 0.703. The Morgan fingerprint density at radius 2 is 2.23 bits per heavy atom. The topological polar surface area (TPSA) is 12.0 Å². The van der Waals surface area contributed by atoms with Crippen LogP contribution in [0, 0.1) is 12.7 Å². The number of anilines is 1. The molecule has 0 bridgehead atoms. The average molecular weight is 179 g/mol. The second-order valence-electron chi connectivity index (χ2n) is 3.15. The van der Waals surface area contributed by atoms with Gasteiger partial charge in [0, 0.05) is 6.04 Å². The Morgan fingerprint density at radius 1 is 1.54 bits per heavy atom. The molecule has 13 heavy (non-hydrogen) atoms. The van der Waals surface area contributed by atoms with Gasteiger partial charge in [-0.15, -0.1) is 6.58 Å². The van der Waals surface area contributed by atoms with Crippen molar-refractivity contribution in [3.63, 3.8) is 0 Å². The van der Waals surface area contributed by atoms with Crippen molar-refractivity contribution in [3.8, 4) is 0 Å². The molecule has 2 heteroatoms. The number of hydrogen-bond acceptors (Lipinski definition) is 1. The van der Waals surface area contributed by atoms with Gasteiger partial charge in [-0.05, 0) is 31.5 Å². The normalized spacial score (nSPS) is 12.2. The van der Waals surface area contributed by atoms with Gasteiger partial charge in [0.2, 0.25) is 0 Å². The van der Waals surface area contributed by atoms with Gasteiger partial charge >= 0.3 is 0 Å². The fourth-order valence-electron chi connectivity index (χ4n) is 1.04. The molecule has 1 aromatic carbocycles. The predicted molar refractivity (Wildman–Crippen MR) is 54.4 cm³/mol. The Bertz CT molecular complexity index is 307. The fraction of sp³-hybridized carbons (Fsp3) is 0.273. The summed E-state index contributed by atoms with van der Waals surface area (Å²) in [4.78, 5) is 0. The van der Waals surface area contributed by atoms with Crippen molar-refractivity contribution >= 4 is 5.69 Å². The number of hydrogen-bond donors (Lipinski definition) is 1. The highest BCUT2D eigenvalue weighted by atomic mass is 19.1. The van der Waals surface area contributed by atoms with E-state index < -0.39 is 0 Å². The van der Waals surface area contributed by atoms with Gasteiger partial charge in [-0.3, -0.25) is 0 Å². The van der Waals surface area contributed by atoms with Crippen LogP contribution in [-0.2, 0) is 0 Å². The maximum absolute atomic E-state index is 13.3. The first-order valence-electron chi connectivity index (χ1n) is 4.28. The molecule has 0 fully saturated rings. The van der Waals surface area contributed by atoms with Crippen LogP contribution < -0.4 is 5.32 Å². The maximum atomic E-state index is 13.3. The molecule has 0 radical (unpaired) electrons. The molecule has 0 aliphatic rings. The Labute approximate surface area is 78.3 Å². The van der Waals surface area contributed by atoms with Gasteiger partial charge in [0.1, 0.15) is 5.82 Å². The summed E-state index contributed by atoms with van der Waals surface area (Å²) in [5.74, 6) is -0.214. The maximum Gasteiger partial charge on any atom is 0.146 e. The van der Waals surface area contributed by atoms with Crippen molar-refractivity contribution in [1.29, 1.82) is 0 Å². The lowest BCUT2D eigenvalue weighted by Gasteiger charge is -2.11. The van der Waals surface area contributed by atoms with Gasteiger partial charge in [-0.2, -0.15) is 0 Å². The largest absolute Gasteiger partial charge is 0.377 e. The molecule has 0 aromatic heterocycles. The van der Waals surface area contributed by atoms with Crippen molar-refractivity contribution in [2.75, 3.05) is 5.32 Å². The molecule has 0 saturated heterocycles. The minimum atomic E-state index is -0.214. The zero-order chi connectivity index (χ0) is 9.84. The van der Waals surface area contributed by atoms with Crippen molar-refractivity contribution in [2.24, 2.45) is 0 Å². The van der Waals surface area contributed by atoms with Crippen molar-refractivity contribution in [2.45, 2.75) is 19.9 Å². The van der Waals surface area contributed by atoms with Gasteiger partial charge < -0.3 is 5.32 Å². The van der Waals surface area contributed by atoms with Gasteiger partial charge in [-0.1, -0.05) is 12.1 Å². The number of nitrogens with one attached hydrogen (secondary N) is 1. The summed E-state index contributed by atoms with van der Waals surface area (Å²) in [5, 5.41) is 2.99. The van der Waals surface area contributed by atoms with Crippen molar-refractivity contribution in [3.05, 3.63) is 42.2 Å². The van der Waals surface area contributed by atoms with Crippen LogP contribution in [0.4, 0.5) is 10.1 Å². The third-order valence-corrected chi connectivity index (χ3v) is 1.86. The summed E-state index contributed by atoms with van der Waals surface area (Å²) in [6, 6.07) is 5.21. The van der Waals surface area contributed by atoms with E-state index in [1.807, 2.05) is 19.9 Å². The highest BCUT2D eigenvalue weighted by molar-refractivity contribution is 5.47. The molecular formula is C11H14FN. The molecule has 70 valence electrons. The first-order chi connectivity index (χ1) is 6.13. The summed E-state index contributed by atoms with van der Waals surface area (Å²) in [6.07, 6.45) is 1.74. The van der Waals surface area contributed by atoms with Crippen LogP contribution in [0.2, 0.25) is 0 Å². The molecular weight excluding hydrogens is 165 g/mol. The van der Waals surface area contributed by atoms with E-state index in [0.29, 0.717) is 5.69 Å². The zero-order valence-corrected chi connectivity index (χ0v) is 7.97. The van der Waals surface area contributed by atoms with Crippen molar-refractivity contribution < 1.29 is 4.39 Å². The molecule has 1 N–H and O–H groups in total. The van der Waals surface area contributed by atoms with E-state index in [0.717, 1.165) is 5.56 Å². The fourth-order valence-corrected chi connectivity index (χ4v) is 1.04. The van der Waals surface area contributed by atoms with Crippen molar-refractivity contribution in [1.82, 2.24) is 0 Å². The van der Waals surface area contributed by atoms with Gasteiger partial charge in [-0.25, -0.2) is 4.39 Å². The number of aryl methyl sites for hydroxylation is 1. The van der Waals surface area contributed by atoms with E-state index >= 15 is 0 Å². The first-order valence-corrected chi connectivity index (χ1v) is 4.28. The lowest BCUT2D eigenvalue weighted by molar-refractivity contribution is 0.628. The third kappa shape index (κ3) is 2.58. The second-order valence-corrected chi connectivity index (χ2v) is 3.15. The Balaban J connectivity index is 2.83.